The Kier molecular flexibility index (Phi) is 4.63. The first-order valence-corrected chi connectivity index (χ1v) is 9.14. The number of H-pyrrole nitrogens is 1. The lowest BCUT2D eigenvalue weighted by Gasteiger charge is -2.22. The predicted molar refractivity (Wildman–Crippen MR) is 94.4 cm³/mol. The molecule has 0 spiro atoms. The van der Waals surface area contributed by atoms with Crippen LogP contribution in [-0.2, 0) is 4.74 Å². The zero-order valence-electron chi connectivity index (χ0n) is 14.9. The van der Waals surface area contributed by atoms with Gasteiger partial charge in [0.15, 0.2) is 0 Å². The SMILES string of the molecule is Cc1cc(C2CCOCC2)oc(=O)c1C(=O)N1CCC(c2ccn[nH]2)C1. The minimum Gasteiger partial charge on any atom is -0.427 e. The van der Waals surface area contributed by atoms with Crippen LogP contribution in [-0.4, -0.2) is 47.3 Å². The van der Waals surface area contributed by atoms with Crippen LogP contribution in [0.25, 0.3) is 0 Å². The van der Waals surface area contributed by atoms with E-state index in [4.69, 9.17) is 9.15 Å². The van der Waals surface area contributed by atoms with E-state index in [2.05, 4.69) is 10.2 Å². The van der Waals surface area contributed by atoms with Crippen molar-refractivity contribution in [1.29, 1.82) is 0 Å². The fourth-order valence-electron chi connectivity index (χ4n) is 3.92. The molecule has 138 valence electrons. The van der Waals surface area contributed by atoms with Crippen molar-refractivity contribution in [2.45, 2.75) is 38.0 Å². The van der Waals surface area contributed by atoms with E-state index < -0.39 is 5.63 Å². The van der Waals surface area contributed by atoms with Gasteiger partial charge in [-0.25, -0.2) is 4.79 Å². The number of carbonyl (C=O) groups is 1. The Morgan fingerprint density at radius 3 is 2.77 bits per heavy atom. The fourth-order valence-corrected chi connectivity index (χ4v) is 3.92. The average molecular weight is 357 g/mol. The van der Waals surface area contributed by atoms with Crippen molar-refractivity contribution in [2.24, 2.45) is 0 Å². The first-order valence-electron chi connectivity index (χ1n) is 9.14. The quantitative estimate of drug-likeness (QED) is 0.910. The highest BCUT2D eigenvalue weighted by Crippen LogP contribution is 2.29. The minimum absolute atomic E-state index is 0.158. The molecule has 7 nitrogen and oxygen atoms in total. The second kappa shape index (κ2) is 7.07. The Morgan fingerprint density at radius 2 is 2.08 bits per heavy atom. The lowest BCUT2D eigenvalue weighted by atomic mass is 9.95. The summed E-state index contributed by atoms with van der Waals surface area (Å²) >= 11 is 0. The van der Waals surface area contributed by atoms with Crippen molar-refractivity contribution in [3.05, 3.63) is 51.3 Å². The average Bonchev–Trinajstić information content (AvgIpc) is 3.33. The van der Waals surface area contributed by atoms with Crippen LogP contribution in [0.2, 0.25) is 0 Å². The minimum atomic E-state index is -0.526. The first kappa shape index (κ1) is 17.0. The lowest BCUT2D eigenvalue weighted by Crippen LogP contribution is -2.33. The van der Waals surface area contributed by atoms with Gasteiger partial charge in [-0.2, -0.15) is 5.10 Å². The zero-order chi connectivity index (χ0) is 18.1. The van der Waals surface area contributed by atoms with Crippen LogP contribution in [0.1, 0.15) is 58.5 Å². The lowest BCUT2D eigenvalue weighted by molar-refractivity contribution is 0.0768. The van der Waals surface area contributed by atoms with Crippen LogP contribution in [0.15, 0.2) is 27.5 Å². The zero-order valence-corrected chi connectivity index (χ0v) is 14.9. The van der Waals surface area contributed by atoms with Gasteiger partial charge in [-0.15, -0.1) is 0 Å². The van der Waals surface area contributed by atoms with Gasteiger partial charge in [0.25, 0.3) is 5.91 Å². The van der Waals surface area contributed by atoms with Crippen LogP contribution in [0.4, 0.5) is 0 Å². The summed E-state index contributed by atoms with van der Waals surface area (Å²) in [5.74, 6) is 0.854. The van der Waals surface area contributed by atoms with Crippen LogP contribution < -0.4 is 5.63 Å². The van der Waals surface area contributed by atoms with Gasteiger partial charge in [0, 0.05) is 50.0 Å². The monoisotopic (exact) mass is 357 g/mol. The maximum Gasteiger partial charge on any atom is 0.349 e. The number of aromatic amines is 1. The number of rotatable bonds is 3. The summed E-state index contributed by atoms with van der Waals surface area (Å²) < 4.78 is 10.9. The second-order valence-corrected chi connectivity index (χ2v) is 7.13. The van der Waals surface area contributed by atoms with Gasteiger partial charge in [0.2, 0.25) is 0 Å². The molecule has 2 aliphatic heterocycles. The molecule has 1 amide bonds. The van der Waals surface area contributed by atoms with Crippen LogP contribution in [0.3, 0.4) is 0 Å². The summed E-state index contributed by atoms with van der Waals surface area (Å²) in [4.78, 5) is 27.2. The number of ether oxygens (including phenoxy) is 1. The predicted octanol–water partition coefficient (Wildman–Crippen LogP) is 2.20. The van der Waals surface area contributed by atoms with E-state index in [0.717, 1.165) is 25.0 Å². The van der Waals surface area contributed by atoms with E-state index in [1.807, 2.05) is 19.1 Å². The third-order valence-corrected chi connectivity index (χ3v) is 5.44. The molecule has 4 rings (SSSR count). The number of aryl methyl sites for hydroxylation is 1. The summed E-state index contributed by atoms with van der Waals surface area (Å²) in [6.45, 7) is 4.38. The van der Waals surface area contributed by atoms with Gasteiger partial charge in [0.1, 0.15) is 11.3 Å². The molecule has 0 saturated carbocycles. The molecule has 4 heterocycles. The first-order chi connectivity index (χ1) is 12.6. The summed E-state index contributed by atoms with van der Waals surface area (Å²) in [5, 5.41) is 6.94. The van der Waals surface area contributed by atoms with E-state index in [0.29, 0.717) is 37.6 Å². The van der Waals surface area contributed by atoms with Crippen LogP contribution >= 0.6 is 0 Å². The van der Waals surface area contributed by atoms with Gasteiger partial charge in [-0.1, -0.05) is 0 Å². The molecule has 0 aliphatic carbocycles. The van der Waals surface area contributed by atoms with Gasteiger partial charge >= 0.3 is 5.63 Å². The summed E-state index contributed by atoms with van der Waals surface area (Å²) in [5.41, 5.74) is 1.35. The van der Waals surface area contributed by atoms with Crippen molar-refractivity contribution in [3.8, 4) is 0 Å². The van der Waals surface area contributed by atoms with Crippen molar-refractivity contribution >= 4 is 5.91 Å². The molecule has 26 heavy (non-hydrogen) atoms. The Morgan fingerprint density at radius 1 is 1.27 bits per heavy atom. The van der Waals surface area contributed by atoms with Crippen molar-refractivity contribution in [2.75, 3.05) is 26.3 Å². The van der Waals surface area contributed by atoms with E-state index in [-0.39, 0.29) is 23.3 Å². The van der Waals surface area contributed by atoms with Crippen molar-refractivity contribution < 1.29 is 13.9 Å². The number of hydrogen-bond acceptors (Lipinski definition) is 5. The topological polar surface area (TPSA) is 88.4 Å². The van der Waals surface area contributed by atoms with Gasteiger partial charge in [0.05, 0.1) is 0 Å². The number of likely N-dealkylation sites (tertiary alicyclic amines) is 1. The number of carbonyl (C=O) groups excluding carboxylic acids is 1. The number of nitrogens with one attached hydrogen (secondary N) is 1. The normalized spacial score (nSPS) is 21.3. The highest BCUT2D eigenvalue weighted by atomic mass is 16.5. The third-order valence-electron chi connectivity index (χ3n) is 5.44. The van der Waals surface area contributed by atoms with Gasteiger partial charge in [-0.3, -0.25) is 9.89 Å². The maximum atomic E-state index is 12.9. The molecule has 1 atom stereocenters. The highest BCUT2D eigenvalue weighted by Gasteiger charge is 2.31. The molecule has 2 aromatic heterocycles. The Bertz CT molecular complexity index is 837. The molecule has 0 aromatic carbocycles. The van der Waals surface area contributed by atoms with Gasteiger partial charge < -0.3 is 14.1 Å². The molecule has 2 saturated heterocycles. The standard InChI is InChI=1S/C19H23N3O4/c1-12-10-16(13-4-8-25-9-5-13)26-19(24)17(12)18(23)22-7-3-14(11-22)15-2-6-20-21-15/h2,6,10,13-14H,3-5,7-9,11H2,1H3,(H,20,21). The number of amides is 1. The maximum absolute atomic E-state index is 12.9. The Hall–Kier alpha value is -2.41. The molecular formula is C19H23N3O4. The van der Waals surface area contributed by atoms with Crippen molar-refractivity contribution in [3.63, 3.8) is 0 Å². The third kappa shape index (κ3) is 3.19. The van der Waals surface area contributed by atoms with E-state index >= 15 is 0 Å². The number of hydrogen-bond donors (Lipinski definition) is 1. The molecule has 1 N–H and O–H groups in total. The van der Waals surface area contributed by atoms with E-state index in [1.54, 1.807) is 11.1 Å². The molecule has 2 aromatic rings. The fraction of sp³-hybridized carbons (Fsp3) is 0.526. The molecule has 2 fully saturated rings. The smallest absolute Gasteiger partial charge is 0.349 e. The number of aromatic nitrogens is 2. The molecule has 0 bridgehead atoms. The van der Waals surface area contributed by atoms with Crippen LogP contribution in [0, 0.1) is 6.92 Å². The molecule has 0 radical (unpaired) electrons. The summed E-state index contributed by atoms with van der Waals surface area (Å²) in [7, 11) is 0. The highest BCUT2D eigenvalue weighted by molar-refractivity contribution is 5.95. The Balaban J connectivity index is 1.54. The molecule has 7 heteroatoms. The summed E-state index contributed by atoms with van der Waals surface area (Å²) in [6.07, 6.45) is 4.26. The van der Waals surface area contributed by atoms with Crippen molar-refractivity contribution in [1.82, 2.24) is 15.1 Å². The van der Waals surface area contributed by atoms with Gasteiger partial charge in [-0.05, 0) is 43.9 Å². The van der Waals surface area contributed by atoms with Crippen LogP contribution in [0.5, 0.6) is 0 Å². The second-order valence-electron chi connectivity index (χ2n) is 7.13. The Labute approximate surface area is 151 Å². The largest absolute Gasteiger partial charge is 0.427 e. The number of nitrogens with zero attached hydrogens (tertiary/aromatic N) is 2. The molecule has 1 unspecified atom stereocenters. The molecular weight excluding hydrogens is 334 g/mol. The van der Waals surface area contributed by atoms with E-state index in [1.165, 1.54) is 0 Å². The summed E-state index contributed by atoms with van der Waals surface area (Å²) in [6, 6.07) is 3.79. The molecule has 2 aliphatic rings. The van der Waals surface area contributed by atoms with E-state index in [9.17, 15) is 9.59 Å².